The van der Waals surface area contributed by atoms with Crippen molar-refractivity contribution in [1.82, 2.24) is 29.4 Å². The Morgan fingerprint density at radius 1 is 0.943 bits per heavy atom. The minimum absolute atomic E-state index is 0.0745. The Bertz CT molecular complexity index is 1430. The molecule has 1 aliphatic rings. The molecule has 0 unspecified atom stereocenters. The molecule has 35 heavy (non-hydrogen) atoms. The van der Waals surface area contributed by atoms with E-state index in [0.29, 0.717) is 49.1 Å². The quantitative estimate of drug-likeness (QED) is 0.434. The van der Waals surface area contributed by atoms with Crippen LogP contribution in [0.1, 0.15) is 16.4 Å². The van der Waals surface area contributed by atoms with E-state index in [0.717, 1.165) is 0 Å². The molecule has 11 heteroatoms. The number of benzene rings is 2. The van der Waals surface area contributed by atoms with Gasteiger partial charge in [-0.2, -0.15) is 9.78 Å². The highest BCUT2D eigenvalue weighted by molar-refractivity contribution is 6.33. The monoisotopic (exact) mass is 493 g/mol. The molecule has 0 spiro atoms. The molecule has 2 aromatic heterocycles. The van der Waals surface area contributed by atoms with Crippen LogP contribution in [-0.2, 0) is 0 Å². The highest BCUT2D eigenvalue weighted by atomic mass is 35.5. The molecule has 1 aliphatic heterocycles. The zero-order chi connectivity index (χ0) is 24.5. The van der Waals surface area contributed by atoms with Crippen molar-refractivity contribution in [1.29, 1.82) is 0 Å². The van der Waals surface area contributed by atoms with Gasteiger partial charge in [0.1, 0.15) is 16.7 Å². The van der Waals surface area contributed by atoms with Gasteiger partial charge in [-0.25, -0.2) is 14.1 Å². The first-order chi connectivity index (χ1) is 16.9. The number of para-hydroxylation sites is 1. The molecule has 0 saturated carbocycles. The maximum atomic E-state index is 13.2. The Kier molecular flexibility index (Phi) is 6.04. The molecule has 1 fully saturated rings. The molecule has 4 aromatic rings. The molecule has 9 nitrogen and oxygen atoms in total. The molecule has 178 valence electrons. The first-order valence-corrected chi connectivity index (χ1v) is 11.4. The molecule has 3 heterocycles. The van der Waals surface area contributed by atoms with E-state index in [1.165, 1.54) is 21.5 Å². The number of aromatic nitrogens is 5. The first-order valence-electron chi connectivity index (χ1n) is 11.0. The van der Waals surface area contributed by atoms with E-state index in [9.17, 15) is 14.0 Å². The Morgan fingerprint density at radius 2 is 1.60 bits per heavy atom. The number of aryl methyl sites for hydroxylation is 1. The van der Waals surface area contributed by atoms with Crippen molar-refractivity contribution in [3.05, 3.63) is 93.6 Å². The second kappa shape index (κ2) is 9.30. The van der Waals surface area contributed by atoms with Crippen molar-refractivity contribution >= 4 is 23.2 Å². The zero-order valence-corrected chi connectivity index (χ0v) is 19.6. The largest absolute Gasteiger partial charge is 0.365 e. The SMILES string of the molecule is Cc1nc(C(=O)N2CCN(c3cnn(-c4ccccc4)c(=O)c3Cl)CC2)nn1-c1ccc(F)cc1. The van der Waals surface area contributed by atoms with Crippen LogP contribution >= 0.6 is 11.6 Å². The second-order valence-electron chi connectivity index (χ2n) is 8.05. The van der Waals surface area contributed by atoms with Crippen LogP contribution in [0.15, 0.2) is 65.6 Å². The average Bonchev–Trinajstić information content (AvgIpc) is 3.28. The average molecular weight is 494 g/mol. The summed E-state index contributed by atoms with van der Waals surface area (Å²) < 4.78 is 16.0. The van der Waals surface area contributed by atoms with E-state index in [2.05, 4.69) is 15.2 Å². The number of piperazine rings is 1. The van der Waals surface area contributed by atoms with Crippen LogP contribution in [0, 0.1) is 12.7 Å². The van der Waals surface area contributed by atoms with Crippen LogP contribution < -0.4 is 10.5 Å². The van der Waals surface area contributed by atoms with Gasteiger partial charge in [-0.15, -0.1) is 5.10 Å². The third kappa shape index (κ3) is 4.40. The highest BCUT2D eigenvalue weighted by Crippen LogP contribution is 2.23. The number of anilines is 1. The molecule has 0 radical (unpaired) electrons. The molecular formula is C24H21ClFN7O2. The summed E-state index contributed by atoms with van der Waals surface area (Å²) in [5.41, 5.74) is 1.38. The topological polar surface area (TPSA) is 89.2 Å². The first kappa shape index (κ1) is 22.7. The maximum absolute atomic E-state index is 13.2. The Balaban J connectivity index is 1.29. The van der Waals surface area contributed by atoms with Crippen molar-refractivity contribution in [2.45, 2.75) is 6.92 Å². The third-order valence-corrected chi connectivity index (χ3v) is 6.20. The lowest BCUT2D eigenvalue weighted by molar-refractivity contribution is 0.0734. The number of carbonyl (C=O) groups is 1. The van der Waals surface area contributed by atoms with Crippen LogP contribution in [0.4, 0.5) is 10.1 Å². The van der Waals surface area contributed by atoms with E-state index < -0.39 is 5.56 Å². The minimum Gasteiger partial charge on any atom is -0.365 e. The van der Waals surface area contributed by atoms with Crippen molar-refractivity contribution in [3.8, 4) is 11.4 Å². The van der Waals surface area contributed by atoms with Gasteiger partial charge in [-0.05, 0) is 43.3 Å². The fourth-order valence-electron chi connectivity index (χ4n) is 4.00. The van der Waals surface area contributed by atoms with Crippen LogP contribution in [0.25, 0.3) is 11.4 Å². The Labute approximate surface area is 205 Å². The zero-order valence-electron chi connectivity index (χ0n) is 18.8. The summed E-state index contributed by atoms with van der Waals surface area (Å²) in [4.78, 5) is 33.7. The van der Waals surface area contributed by atoms with E-state index in [1.807, 2.05) is 23.1 Å². The lowest BCUT2D eigenvalue weighted by Gasteiger charge is -2.35. The maximum Gasteiger partial charge on any atom is 0.293 e. The molecule has 0 atom stereocenters. The van der Waals surface area contributed by atoms with Gasteiger partial charge in [0.25, 0.3) is 11.5 Å². The molecule has 1 saturated heterocycles. The molecule has 0 aliphatic carbocycles. The molecule has 0 bridgehead atoms. The number of nitrogens with zero attached hydrogens (tertiary/aromatic N) is 7. The molecule has 1 amide bonds. The van der Waals surface area contributed by atoms with Crippen molar-refractivity contribution in [3.63, 3.8) is 0 Å². The van der Waals surface area contributed by atoms with Crippen LogP contribution in [0.2, 0.25) is 5.02 Å². The van der Waals surface area contributed by atoms with E-state index >= 15 is 0 Å². The van der Waals surface area contributed by atoms with Gasteiger partial charge in [0.2, 0.25) is 5.82 Å². The summed E-state index contributed by atoms with van der Waals surface area (Å²) in [6, 6.07) is 14.9. The van der Waals surface area contributed by atoms with Gasteiger partial charge in [0.05, 0.1) is 23.3 Å². The lowest BCUT2D eigenvalue weighted by Crippen LogP contribution is -2.49. The standard InChI is InChI=1S/C24H21ClFN7O2/c1-16-28-22(29-32(16)19-9-7-17(26)8-10-19)24(35)31-13-11-30(12-14-31)20-15-27-33(23(34)21(20)25)18-5-3-2-4-6-18/h2-10,15H,11-14H2,1H3. The fourth-order valence-corrected chi connectivity index (χ4v) is 4.25. The fraction of sp³-hybridized carbons (Fsp3) is 0.208. The van der Waals surface area contributed by atoms with Crippen molar-refractivity contribution in [2.24, 2.45) is 0 Å². The normalized spacial score (nSPS) is 13.8. The Morgan fingerprint density at radius 3 is 2.29 bits per heavy atom. The van der Waals surface area contributed by atoms with Gasteiger partial charge < -0.3 is 9.80 Å². The van der Waals surface area contributed by atoms with E-state index in [-0.39, 0.29) is 22.6 Å². The van der Waals surface area contributed by atoms with E-state index in [4.69, 9.17) is 11.6 Å². The molecule has 5 rings (SSSR count). The van der Waals surface area contributed by atoms with Gasteiger partial charge in [0.15, 0.2) is 0 Å². The second-order valence-corrected chi connectivity index (χ2v) is 8.42. The highest BCUT2D eigenvalue weighted by Gasteiger charge is 2.27. The predicted octanol–water partition coefficient (Wildman–Crippen LogP) is 2.88. The summed E-state index contributed by atoms with van der Waals surface area (Å²) in [5, 5.41) is 8.70. The van der Waals surface area contributed by atoms with Crippen LogP contribution in [-0.4, -0.2) is 61.5 Å². The van der Waals surface area contributed by atoms with Crippen molar-refractivity contribution < 1.29 is 9.18 Å². The molecule has 0 N–H and O–H groups in total. The van der Waals surface area contributed by atoms with Gasteiger partial charge in [0, 0.05) is 26.2 Å². The summed E-state index contributed by atoms with van der Waals surface area (Å²) in [5.74, 6) is -0.0495. The summed E-state index contributed by atoms with van der Waals surface area (Å²) >= 11 is 6.42. The lowest BCUT2D eigenvalue weighted by atomic mass is 10.2. The molecule has 2 aromatic carbocycles. The number of rotatable bonds is 4. The number of amides is 1. The van der Waals surface area contributed by atoms with Crippen LogP contribution in [0.5, 0.6) is 0 Å². The van der Waals surface area contributed by atoms with Crippen LogP contribution in [0.3, 0.4) is 0 Å². The van der Waals surface area contributed by atoms with Gasteiger partial charge in [-0.1, -0.05) is 29.8 Å². The predicted molar refractivity (Wildman–Crippen MR) is 129 cm³/mol. The number of hydrogen-bond donors (Lipinski definition) is 0. The summed E-state index contributed by atoms with van der Waals surface area (Å²) in [6.45, 7) is 3.49. The van der Waals surface area contributed by atoms with Crippen molar-refractivity contribution in [2.75, 3.05) is 31.1 Å². The Hall–Kier alpha value is -4.05. The third-order valence-electron chi connectivity index (χ3n) is 5.84. The van der Waals surface area contributed by atoms with E-state index in [1.54, 1.807) is 42.3 Å². The number of hydrogen-bond acceptors (Lipinski definition) is 6. The molecular weight excluding hydrogens is 473 g/mol. The van der Waals surface area contributed by atoms with Gasteiger partial charge >= 0.3 is 0 Å². The number of carbonyl (C=O) groups excluding carboxylic acids is 1. The summed E-state index contributed by atoms with van der Waals surface area (Å²) in [6.07, 6.45) is 1.57. The minimum atomic E-state index is -0.403. The van der Waals surface area contributed by atoms with Gasteiger partial charge in [-0.3, -0.25) is 9.59 Å². The number of halogens is 2. The smallest absolute Gasteiger partial charge is 0.293 e. The summed E-state index contributed by atoms with van der Waals surface area (Å²) in [7, 11) is 0.